The van der Waals surface area contributed by atoms with Crippen LogP contribution in [0.3, 0.4) is 0 Å². The van der Waals surface area contributed by atoms with Crippen LogP contribution in [0.4, 0.5) is 0 Å². The van der Waals surface area contributed by atoms with Gasteiger partial charge in [0.15, 0.2) is 0 Å². The number of hydrogen-bond donors (Lipinski definition) is 0. The fraction of sp³-hybridized carbons (Fsp3) is 0.250. The molecule has 1 radical (unpaired) electrons. The van der Waals surface area contributed by atoms with Gasteiger partial charge >= 0.3 is 0 Å². The first-order valence-electron chi connectivity index (χ1n) is 1.86. The molecule has 0 spiro atoms. The van der Waals surface area contributed by atoms with Crippen LogP contribution in [0, 0.1) is 6.20 Å². The third-order valence-electron chi connectivity index (χ3n) is 0.701. The molecule has 1 aromatic rings. The van der Waals surface area contributed by atoms with Gasteiger partial charge in [0.25, 0.3) is 0 Å². The van der Waals surface area contributed by atoms with Crippen LogP contribution in [-0.2, 0) is 7.05 Å². The van der Waals surface area contributed by atoms with Crippen molar-refractivity contribution in [1.82, 2.24) is 9.78 Å². The molecule has 3 heteroatoms. The molecule has 1 heterocycles. The van der Waals surface area contributed by atoms with Crippen LogP contribution in [0.5, 0.6) is 0 Å². The lowest BCUT2D eigenvalue weighted by Crippen LogP contribution is -1.87. The molecule has 2 nitrogen and oxygen atoms in total. The van der Waals surface area contributed by atoms with Crippen molar-refractivity contribution < 1.29 is 0 Å². The highest BCUT2D eigenvalue weighted by molar-refractivity contribution is 9.10. The maximum Gasteiger partial charge on any atom is 0.114 e. The van der Waals surface area contributed by atoms with E-state index in [4.69, 9.17) is 0 Å². The molecule has 0 amide bonds. The van der Waals surface area contributed by atoms with Gasteiger partial charge in [0.1, 0.15) is 10.8 Å². The van der Waals surface area contributed by atoms with E-state index in [9.17, 15) is 0 Å². The van der Waals surface area contributed by atoms with Crippen molar-refractivity contribution in [2.24, 2.45) is 7.05 Å². The molecule has 37 valence electrons. The summed E-state index contributed by atoms with van der Waals surface area (Å²) in [6, 6.07) is 1.76. The minimum atomic E-state index is 0.951. The van der Waals surface area contributed by atoms with Crippen molar-refractivity contribution in [3.8, 4) is 0 Å². The molecular weight excluding hydrogens is 156 g/mol. The van der Waals surface area contributed by atoms with Crippen LogP contribution in [-0.4, -0.2) is 9.78 Å². The average molecular weight is 160 g/mol. The van der Waals surface area contributed by atoms with E-state index in [1.807, 2.05) is 7.05 Å². The molecule has 0 aromatic carbocycles. The molecule has 1 aromatic heterocycles. The van der Waals surface area contributed by atoms with Gasteiger partial charge in [-0.05, 0) is 15.9 Å². The lowest BCUT2D eigenvalue weighted by atomic mass is 10.8. The van der Waals surface area contributed by atoms with Gasteiger partial charge in [-0.2, -0.15) is 5.10 Å². The largest absolute Gasteiger partial charge is 0.261 e. The van der Waals surface area contributed by atoms with Gasteiger partial charge < -0.3 is 0 Å². The lowest BCUT2D eigenvalue weighted by Gasteiger charge is -1.84. The topological polar surface area (TPSA) is 17.8 Å². The predicted octanol–water partition coefficient (Wildman–Crippen LogP) is 0.983. The molecule has 0 N–H and O–H groups in total. The quantitative estimate of drug-likeness (QED) is 0.553. The summed E-state index contributed by atoms with van der Waals surface area (Å²) in [5.41, 5.74) is 0. The maximum atomic E-state index is 3.76. The van der Waals surface area contributed by atoms with E-state index < -0.39 is 0 Å². The van der Waals surface area contributed by atoms with E-state index in [0.29, 0.717) is 0 Å². The summed E-state index contributed by atoms with van der Waals surface area (Å²) in [6.07, 6.45) is 2.66. The summed E-state index contributed by atoms with van der Waals surface area (Å²) in [7, 11) is 1.85. The highest BCUT2D eigenvalue weighted by Gasteiger charge is 1.86. The molecule has 7 heavy (non-hydrogen) atoms. The van der Waals surface area contributed by atoms with E-state index >= 15 is 0 Å². The Balaban J connectivity index is 3.12. The Labute approximate surface area is 50.3 Å². The van der Waals surface area contributed by atoms with E-state index in [2.05, 4.69) is 27.2 Å². The normalized spacial score (nSPS) is 9.43. The van der Waals surface area contributed by atoms with E-state index in [-0.39, 0.29) is 0 Å². The van der Waals surface area contributed by atoms with Crippen molar-refractivity contribution in [2.45, 2.75) is 0 Å². The summed E-state index contributed by atoms with van der Waals surface area (Å²) >= 11 is 3.23. The number of hydrogen-bond acceptors (Lipinski definition) is 1. The van der Waals surface area contributed by atoms with Crippen LogP contribution in [0.15, 0.2) is 10.7 Å². The van der Waals surface area contributed by atoms with E-state index in [1.165, 1.54) is 0 Å². The second-order valence-corrected chi connectivity index (χ2v) is 2.03. The van der Waals surface area contributed by atoms with Crippen LogP contribution in [0.2, 0.25) is 0 Å². The van der Waals surface area contributed by atoms with Crippen LogP contribution < -0.4 is 0 Å². The summed E-state index contributed by atoms with van der Waals surface area (Å²) < 4.78 is 2.65. The second kappa shape index (κ2) is 1.66. The van der Waals surface area contributed by atoms with Crippen LogP contribution >= 0.6 is 15.9 Å². The number of aromatic nitrogens is 2. The zero-order valence-corrected chi connectivity index (χ0v) is 5.44. The molecule has 1 rings (SSSR count). The highest BCUT2D eigenvalue weighted by atomic mass is 79.9. The first-order chi connectivity index (χ1) is 3.30. The minimum absolute atomic E-state index is 0.951. The SMILES string of the molecule is Cn1n[c]cc1Br. The Morgan fingerprint density at radius 1 is 2.00 bits per heavy atom. The third-order valence-corrected chi connectivity index (χ3v) is 1.44. The fourth-order valence-electron chi connectivity index (χ4n) is 0.310. The zero-order valence-electron chi connectivity index (χ0n) is 3.85. The first-order valence-corrected chi connectivity index (χ1v) is 2.65. The van der Waals surface area contributed by atoms with Gasteiger partial charge in [0.2, 0.25) is 0 Å². The summed E-state index contributed by atoms with van der Waals surface area (Å²) in [5.74, 6) is 0. The number of rotatable bonds is 0. The van der Waals surface area contributed by atoms with Crippen molar-refractivity contribution in [3.05, 3.63) is 16.9 Å². The van der Waals surface area contributed by atoms with Crippen molar-refractivity contribution in [2.75, 3.05) is 0 Å². The Morgan fingerprint density at radius 2 is 2.71 bits per heavy atom. The van der Waals surface area contributed by atoms with Gasteiger partial charge in [-0.15, -0.1) is 0 Å². The molecule has 0 aliphatic rings. The van der Waals surface area contributed by atoms with Gasteiger partial charge in [-0.1, -0.05) is 0 Å². The second-order valence-electron chi connectivity index (χ2n) is 1.22. The van der Waals surface area contributed by atoms with E-state index in [0.717, 1.165) is 4.60 Å². The number of nitrogens with zero attached hydrogens (tertiary/aromatic N) is 2. The molecular formula is C4H4BrN2. The summed E-state index contributed by atoms with van der Waals surface area (Å²) in [5, 5.41) is 3.76. The molecule has 0 fully saturated rings. The summed E-state index contributed by atoms with van der Waals surface area (Å²) in [4.78, 5) is 0. The average Bonchev–Trinajstić information content (AvgIpc) is 1.91. The molecule has 0 aliphatic heterocycles. The smallest absolute Gasteiger partial charge is 0.114 e. The van der Waals surface area contributed by atoms with Crippen LogP contribution in [0.1, 0.15) is 0 Å². The highest BCUT2D eigenvalue weighted by Crippen LogP contribution is 2.03. The number of halogens is 1. The van der Waals surface area contributed by atoms with Gasteiger partial charge in [0, 0.05) is 13.1 Å². The Bertz CT molecular complexity index is 142. The lowest BCUT2D eigenvalue weighted by molar-refractivity contribution is 0.747. The van der Waals surface area contributed by atoms with E-state index in [1.54, 1.807) is 10.7 Å². The summed E-state index contributed by atoms with van der Waals surface area (Å²) in [6.45, 7) is 0. The standard InChI is InChI=1S/C4H4BrN2/c1-7-4(5)2-3-6-7/h2H,1H3. The Hall–Kier alpha value is -0.310. The minimum Gasteiger partial charge on any atom is -0.261 e. The van der Waals surface area contributed by atoms with Crippen molar-refractivity contribution in [1.29, 1.82) is 0 Å². The molecule has 0 atom stereocenters. The molecule has 0 saturated heterocycles. The molecule has 0 saturated carbocycles. The predicted molar refractivity (Wildman–Crippen MR) is 29.7 cm³/mol. The maximum absolute atomic E-state index is 3.76. The van der Waals surface area contributed by atoms with Crippen LogP contribution in [0.25, 0.3) is 0 Å². The van der Waals surface area contributed by atoms with Gasteiger partial charge in [0.05, 0.1) is 0 Å². The first kappa shape index (κ1) is 4.84. The molecule has 0 aliphatic carbocycles. The van der Waals surface area contributed by atoms with Gasteiger partial charge in [-0.3, -0.25) is 4.68 Å². The Morgan fingerprint density at radius 3 is 2.86 bits per heavy atom. The fourth-order valence-corrected chi connectivity index (χ4v) is 0.492. The van der Waals surface area contributed by atoms with Crippen molar-refractivity contribution in [3.63, 3.8) is 0 Å². The molecule has 0 unspecified atom stereocenters. The van der Waals surface area contributed by atoms with Gasteiger partial charge in [-0.25, -0.2) is 0 Å². The Kier molecular flexibility index (Phi) is 1.15. The number of aryl methyl sites for hydroxylation is 1. The third kappa shape index (κ3) is 0.825. The van der Waals surface area contributed by atoms with Crippen molar-refractivity contribution >= 4 is 15.9 Å². The monoisotopic (exact) mass is 159 g/mol. The zero-order chi connectivity index (χ0) is 5.28. The molecule has 0 bridgehead atoms.